The number of carbonyl (C=O) groups is 1. The van der Waals surface area contributed by atoms with Crippen LogP contribution in [0.15, 0.2) is 18.2 Å². The molecule has 0 spiro atoms. The third-order valence-electron chi connectivity index (χ3n) is 3.61. The van der Waals surface area contributed by atoms with Crippen molar-refractivity contribution in [2.45, 2.75) is 26.8 Å². The number of nitrogens with zero attached hydrogens (tertiary/aromatic N) is 1. The quantitative estimate of drug-likeness (QED) is 0.664. The maximum Gasteiger partial charge on any atom is 0.309 e. The predicted molar refractivity (Wildman–Crippen MR) is 75.6 cm³/mol. The summed E-state index contributed by atoms with van der Waals surface area (Å²) in [5, 5.41) is 0. The third kappa shape index (κ3) is 3.26. The number of esters is 1. The Bertz CT molecular complexity index is 459. The largest absolute Gasteiger partial charge is 0.466 e. The Balaban J connectivity index is 1.98. The SMILES string of the molecule is CCOC(=O)C(C)CN1CCc2cccc(N)c2C1. The van der Waals surface area contributed by atoms with E-state index >= 15 is 0 Å². The molecule has 2 rings (SSSR count). The topological polar surface area (TPSA) is 55.6 Å². The monoisotopic (exact) mass is 262 g/mol. The summed E-state index contributed by atoms with van der Waals surface area (Å²) in [6.45, 7) is 6.72. The number of nitrogen functional groups attached to an aromatic ring is 1. The highest BCUT2D eigenvalue weighted by molar-refractivity contribution is 5.72. The van der Waals surface area contributed by atoms with Crippen molar-refractivity contribution in [1.29, 1.82) is 0 Å². The maximum absolute atomic E-state index is 11.7. The average Bonchev–Trinajstić information content (AvgIpc) is 2.40. The van der Waals surface area contributed by atoms with Crippen LogP contribution in [-0.4, -0.2) is 30.6 Å². The molecule has 0 saturated heterocycles. The van der Waals surface area contributed by atoms with Crippen LogP contribution in [0.4, 0.5) is 5.69 Å². The van der Waals surface area contributed by atoms with Crippen LogP contribution in [-0.2, 0) is 22.5 Å². The third-order valence-corrected chi connectivity index (χ3v) is 3.61. The normalized spacial score (nSPS) is 16.7. The Labute approximate surface area is 114 Å². The standard InChI is InChI=1S/C15H22N2O2/c1-3-19-15(18)11(2)9-17-8-7-12-5-4-6-14(16)13(12)10-17/h4-6,11H,3,7-10,16H2,1-2H3. The molecule has 1 heterocycles. The van der Waals surface area contributed by atoms with E-state index < -0.39 is 0 Å². The summed E-state index contributed by atoms with van der Waals surface area (Å²) in [6.07, 6.45) is 0.996. The fourth-order valence-corrected chi connectivity index (χ4v) is 2.56. The molecule has 0 aliphatic carbocycles. The highest BCUT2D eigenvalue weighted by atomic mass is 16.5. The van der Waals surface area contributed by atoms with Gasteiger partial charge in [-0.2, -0.15) is 0 Å². The van der Waals surface area contributed by atoms with Crippen molar-refractivity contribution in [2.75, 3.05) is 25.4 Å². The highest BCUT2D eigenvalue weighted by Crippen LogP contribution is 2.24. The molecule has 104 valence electrons. The van der Waals surface area contributed by atoms with Gasteiger partial charge in [-0.3, -0.25) is 9.69 Å². The van der Waals surface area contributed by atoms with Gasteiger partial charge in [-0.15, -0.1) is 0 Å². The van der Waals surface area contributed by atoms with Crippen LogP contribution in [0.1, 0.15) is 25.0 Å². The molecule has 1 aliphatic heterocycles. The van der Waals surface area contributed by atoms with E-state index in [1.807, 2.05) is 26.0 Å². The van der Waals surface area contributed by atoms with Gasteiger partial charge in [-0.05, 0) is 30.5 Å². The second kappa shape index (κ2) is 6.06. The molecule has 0 aromatic heterocycles. The van der Waals surface area contributed by atoms with Crippen molar-refractivity contribution >= 4 is 11.7 Å². The zero-order valence-corrected chi connectivity index (χ0v) is 11.7. The van der Waals surface area contributed by atoms with Crippen molar-refractivity contribution in [3.63, 3.8) is 0 Å². The summed E-state index contributed by atoms with van der Waals surface area (Å²) in [6, 6.07) is 6.08. The highest BCUT2D eigenvalue weighted by Gasteiger charge is 2.22. The molecule has 0 radical (unpaired) electrons. The van der Waals surface area contributed by atoms with Crippen LogP contribution in [0, 0.1) is 5.92 Å². The van der Waals surface area contributed by atoms with E-state index in [1.54, 1.807) is 0 Å². The van der Waals surface area contributed by atoms with E-state index in [4.69, 9.17) is 10.5 Å². The van der Waals surface area contributed by atoms with Crippen LogP contribution in [0.3, 0.4) is 0 Å². The van der Waals surface area contributed by atoms with Gasteiger partial charge in [-0.25, -0.2) is 0 Å². The first-order valence-electron chi connectivity index (χ1n) is 6.87. The second-order valence-corrected chi connectivity index (χ2v) is 5.12. The van der Waals surface area contributed by atoms with Crippen molar-refractivity contribution in [1.82, 2.24) is 4.90 Å². The van der Waals surface area contributed by atoms with Crippen molar-refractivity contribution < 1.29 is 9.53 Å². The first kappa shape index (κ1) is 13.9. The first-order chi connectivity index (χ1) is 9.11. The molecule has 0 amide bonds. The molecule has 0 bridgehead atoms. The summed E-state index contributed by atoms with van der Waals surface area (Å²) in [5.41, 5.74) is 9.42. The summed E-state index contributed by atoms with van der Waals surface area (Å²) in [4.78, 5) is 13.9. The summed E-state index contributed by atoms with van der Waals surface area (Å²) in [5.74, 6) is -0.208. The summed E-state index contributed by atoms with van der Waals surface area (Å²) >= 11 is 0. The van der Waals surface area contributed by atoms with Crippen LogP contribution < -0.4 is 5.73 Å². The number of benzene rings is 1. The smallest absolute Gasteiger partial charge is 0.309 e. The lowest BCUT2D eigenvalue weighted by Gasteiger charge is -2.31. The van der Waals surface area contributed by atoms with Crippen LogP contribution in [0.2, 0.25) is 0 Å². The van der Waals surface area contributed by atoms with Crippen LogP contribution in [0.5, 0.6) is 0 Å². The van der Waals surface area contributed by atoms with Gasteiger partial charge < -0.3 is 10.5 Å². The van der Waals surface area contributed by atoms with Crippen molar-refractivity contribution in [3.8, 4) is 0 Å². The molecule has 0 saturated carbocycles. The minimum absolute atomic E-state index is 0.0913. The van der Waals surface area contributed by atoms with Gasteiger partial charge in [-0.1, -0.05) is 19.1 Å². The molecule has 19 heavy (non-hydrogen) atoms. The molecule has 0 fully saturated rings. The van der Waals surface area contributed by atoms with E-state index in [-0.39, 0.29) is 11.9 Å². The van der Waals surface area contributed by atoms with E-state index in [9.17, 15) is 4.79 Å². The molecular formula is C15H22N2O2. The zero-order chi connectivity index (χ0) is 13.8. The first-order valence-corrected chi connectivity index (χ1v) is 6.87. The molecule has 1 unspecified atom stereocenters. The number of nitrogens with two attached hydrogens (primary N) is 1. The molecule has 1 aliphatic rings. The number of hydrogen-bond acceptors (Lipinski definition) is 4. The average molecular weight is 262 g/mol. The lowest BCUT2D eigenvalue weighted by atomic mass is 9.97. The van der Waals surface area contributed by atoms with Gasteiger partial charge in [0.2, 0.25) is 0 Å². The number of fused-ring (bicyclic) bond motifs is 1. The number of hydrogen-bond donors (Lipinski definition) is 1. The van der Waals surface area contributed by atoms with E-state index in [0.29, 0.717) is 6.61 Å². The number of anilines is 1. The molecule has 1 atom stereocenters. The van der Waals surface area contributed by atoms with Gasteiger partial charge in [0, 0.05) is 25.3 Å². The lowest BCUT2D eigenvalue weighted by molar-refractivity contribution is -0.148. The van der Waals surface area contributed by atoms with E-state index in [1.165, 1.54) is 11.1 Å². The molecule has 2 N–H and O–H groups in total. The maximum atomic E-state index is 11.7. The molecule has 4 heteroatoms. The summed E-state index contributed by atoms with van der Waals surface area (Å²) in [7, 11) is 0. The molecule has 1 aromatic rings. The van der Waals surface area contributed by atoms with E-state index in [2.05, 4.69) is 11.0 Å². The van der Waals surface area contributed by atoms with Gasteiger partial charge in [0.15, 0.2) is 0 Å². The van der Waals surface area contributed by atoms with Crippen LogP contribution >= 0.6 is 0 Å². The Kier molecular flexibility index (Phi) is 4.43. The van der Waals surface area contributed by atoms with Gasteiger partial charge >= 0.3 is 5.97 Å². The Morgan fingerprint density at radius 2 is 2.32 bits per heavy atom. The Morgan fingerprint density at radius 1 is 1.53 bits per heavy atom. The van der Waals surface area contributed by atoms with Crippen molar-refractivity contribution in [2.24, 2.45) is 5.92 Å². The molecular weight excluding hydrogens is 240 g/mol. The summed E-state index contributed by atoms with van der Waals surface area (Å²) < 4.78 is 5.05. The minimum atomic E-state index is -0.116. The fourth-order valence-electron chi connectivity index (χ4n) is 2.56. The fraction of sp³-hybridized carbons (Fsp3) is 0.533. The second-order valence-electron chi connectivity index (χ2n) is 5.12. The van der Waals surface area contributed by atoms with Gasteiger partial charge in [0.1, 0.15) is 0 Å². The van der Waals surface area contributed by atoms with Crippen molar-refractivity contribution in [3.05, 3.63) is 29.3 Å². The van der Waals surface area contributed by atoms with Gasteiger partial charge in [0.05, 0.1) is 12.5 Å². The molecule has 4 nitrogen and oxygen atoms in total. The Morgan fingerprint density at radius 3 is 3.05 bits per heavy atom. The van der Waals surface area contributed by atoms with E-state index in [0.717, 1.165) is 31.7 Å². The van der Waals surface area contributed by atoms with Gasteiger partial charge in [0.25, 0.3) is 0 Å². The number of ether oxygens (including phenoxy) is 1. The zero-order valence-electron chi connectivity index (χ0n) is 11.7. The molecule has 1 aromatic carbocycles. The Hall–Kier alpha value is -1.55. The predicted octanol–water partition coefficient (Wildman–Crippen LogP) is 1.83. The minimum Gasteiger partial charge on any atom is -0.466 e. The number of rotatable bonds is 4. The number of carbonyl (C=O) groups excluding carboxylic acids is 1. The van der Waals surface area contributed by atoms with Crippen LogP contribution in [0.25, 0.3) is 0 Å². The lowest BCUT2D eigenvalue weighted by Crippen LogP contribution is -2.36.